The van der Waals surface area contributed by atoms with Gasteiger partial charge in [0.2, 0.25) is 0 Å². The van der Waals surface area contributed by atoms with Crippen molar-refractivity contribution in [3.63, 3.8) is 0 Å². The Bertz CT molecular complexity index is 732. The maximum absolute atomic E-state index is 2.39. The van der Waals surface area contributed by atoms with E-state index in [4.69, 9.17) is 0 Å². The molecule has 0 radical (unpaired) electrons. The summed E-state index contributed by atoms with van der Waals surface area (Å²) in [5.41, 5.74) is 7.78. The van der Waals surface area contributed by atoms with Crippen molar-refractivity contribution in [3.8, 4) is 11.4 Å². The predicted molar refractivity (Wildman–Crippen MR) is 93.3 cm³/mol. The van der Waals surface area contributed by atoms with Crippen molar-refractivity contribution < 1.29 is 0 Å². The third-order valence-corrected chi connectivity index (χ3v) is 4.40. The fourth-order valence-electron chi connectivity index (χ4n) is 3.24. The molecule has 0 unspecified atom stereocenters. The van der Waals surface area contributed by atoms with Gasteiger partial charge in [0.05, 0.1) is 0 Å². The molecule has 0 N–H and O–H groups in total. The number of rotatable bonds is 4. The van der Waals surface area contributed by atoms with Crippen LogP contribution in [0, 0.1) is 13.8 Å². The van der Waals surface area contributed by atoms with E-state index in [0.717, 1.165) is 12.8 Å². The highest BCUT2D eigenvalue weighted by molar-refractivity contribution is 5.46. The van der Waals surface area contributed by atoms with E-state index in [1.807, 2.05) is 0 Å². The highest BCUT2D eigenvalue weighted by atomic mass is 15.0. The number of aryl methyl sites for hydroxylation is 4. The Labute approximate surface area is 133 Å². The van der Waals surface area contributed by atoms with Crippen LogP contribution in [0.5, 0.6) is 0 Å². The summed E-state index contributed by atoms with van der Waals surface area (Å²) >= 11 is 0. The van der Waals surface area contributed by atoms with Crippen LogP contribution in [-0.4, -0.2) is 9.13 Å². The number of benzene rings is 1. The standard InChI is InChI=1S/C20H24N2/c1-5-17-9-10-18(6-2)22(17)20-13-11-19(12-14-20)21-15(3)7-8-16(21)4/h7-14H,5-6H2,1-4H3. The first kappa shape index (κ1) is 14.7. The van der Waals surface area contributed by atoms with Crippen LogP contribution in [0.25, 0.3) is 11.4 Å². The highest BCUT2D eigenvalue weighted by Crippen LogP contribution is 2.22. The monoisotopic (exact) mass is 292 g/mol. The second-order valence-corrected chi connectivity index (χ2v) is 5.83. The predicted octanol–water partition coefficient (Wildman–Crippen LogP) is 5.01. The van der Waals surface area contributed by atoms with Crippen molar-refractivity contribution in [3.05, 3.63) is 71.3 Å². The molecule has 0 aliphatic rings. The Balaban J connectivity index is 2.04. The Morgan fingerprint density at radius 3 is 1.41 bits per heavy atom. The molecule has 2 nitrogen and oxygen atoms in total. The van der Waals surface area contributed by atoms with E-state index in [1.165, 1.54) is 34.2 Å². The molecule has 0 fully saturated rings. The van der Waals surface area contributed by atoms with Crippen molar-refractivity contribution in [2.75, 3.05) is 0 Å². The lowest BCUT2D eigenvalue weighted by molar-refractivity contribution is 0.867. The third kappa shape index (κ3) is 2.39. The van der Waals surface area contributed by atoms with Crippen LogP contribution in [0.2, 0.25) is 0 Å². The van der Waals surface area contributed by atoms with Gasteiger partial charge in [-0.3, -0.25) is 0 Å². The molecule has 1 aromatic carbocycles. The Morgan fingerprint density at radius 2 is 1.00 bits per heavy atom. The van der Waals surface area contributed by atoms with Crippen molar-refractivity contribution in [1.29, 1.82) is 0 Å². The van der Waals surface area contributed by atoms with Crippen LogP contribution in [0.4, 0.5) is 0 Å². The molecular weight excluding hydrogens is 268 g/mol. The number of aromatic nitrogens is 2. The van der Waals surface area contributed by atoms with Crippen molar-refractivity contribution in [1.82, 2.24) is 9.13 Å². The number of nitrogens with zero attached hydrogens (tertiary/aromatic N) is 2. The molecule has 0 atom stereocenters. The molecular formula is C20H24N2. The maximum Gasteiger partial charge on any atom is 0.0456 e. The summed E-state index contributed by atoms with van der Waals surface area (Å²) in [7, 11) is 0. The minimum Gasteiger partial charge on any atom is -0.319 e. The van der Waals surface area contributed by atoms with Crippen LogP contribution in [-0.2, 0) is 12.8 Å². The normalized spacial score (nSPS) is 11.1. The maximum atomic E-state index is 2.39. The largest absolute Gasteiger partial charge is 0.319 e. The van der Waals surface area contributed by atoms with Crippen LogP contribution >= 0.6 is 0 Å². The number of hydrogen-bond acceptors (Lipinski definition) is 0. The lowest BCUT2D eigenvalue weighted by Gasteiger charge is -2.14. The summed E-state index contributed by atoms with van der Waals surface area (Å²) in [5.74, 6) is 0. The van der Waals surface area contributed by atoms with Gasteiger partial charge in [-0.2, -0.15) is 0 Å². The second kappa shape index (κ2) is 5.88. The lowest BCUT2D eigenvalue weighted by Crippen LogP contribution is -2.04. The summed E-state index contributed by atoms with van der Waals surface area (Å²) < 4.78 is 4.68. The fourth-order valence-corrected chi connectivity index (χ4v) is 3.24. The van der Waals surface area contributed by atoms with Gasteiger partial charge < -0.3 is 9.13 Å². The summed E-state index contributed by atoms with van der Waals surface area (Å²) in [6.07, 6.45) is 2.11. The van der Waals surface area contributed by atoms with Gasteiger partial charge in [-0.25, -0.2) is 0 Å². The summed E-state index contributed by atoms with van der Waals surface area (Å²) in [6.45, 7) is 8.73. The molecule has 3 aromatic rings. The molecule has 114 valence electrons. The zero-order chi connectivity index (χ0) is 15.7. The quantitative estimate of drug-likeness (QED) is 0.639. The van der Waals surface area contributed by atoms with Gasteiger partial charge in [-0.15, -0.1) is 0 Å². The Morgan fingerprint density at radius 1 is 0.591 bits per heavy atom. The molecule has 22 heavy (non-hydrogen) atoms. The molecule has 3 rings (SSSR count). The van der Waals surface area contributed by atoms with Crippen molar-refractivity contribution >= 4 is 0 Å². The molecule has 2 heteroatoms. The summed E-state index contributed by atoms with van der Waals surface area (Å²) in [4.78, 5) is 0. The van der Waals surface area contributed by atoms with Crippen LogP contribution in [0.1, 0.15) is 36.6 Å². The van der Waals surface area contributed by atoms with Crippen LogP contribution in [0.3, 0.4) is 0 Å². The zero-order valence-corrected chi connectivity index (χ0v) is 13.9. The van der Waals surface area contributed by atoms with Gasteiger partial charge in [0.15, 0.2) is 0 Å². The van der Waals surface area contributed by atoms with Gasteiger partial charge >= 0.3 is 0 Å². The zero-order valence-electron chi connectivity index (χ0n) is 13.9. The molecule has 0 saturated heterocycles. The van der Waals surface area contributed by atoms with E-state index in [2.05, 4.69) is 85.4 Å². The first-order chi connectivity index (χ1) is 10.7. The minimum atomic E-state index is 1.05. The van der Waals surface area contributed by atoms with E-state index in [1.54, 1.807) is 0 Å². The van der Waals surface area contributed by atoms with Crippen LogP contribution in [0.15, 0.2) is 48.5 Å². The topological polar surface area (TPSA) is 9.86 Å². The van der Waals surface area contributed by atoms with Gasteiger partial charge in [-0.1, -0.05) is 13.8 Å². The first-order valence-electron chi connectivity index (χ1n) is 8.11. The molecule has 0 aliphatic heterocycles. The smallest absolute Gasteiger partial charge is 0.0456 e. The second-order valence-electron chi connectivity index (χ2n) is 5.83. The molecule has 0 bridgehead atoms. The molecule has 2 aromatic heterocycles. The Kier molecular flexibility index (Phi) is 3.93. The van der Waals surface area contributed by atoms with Gasteiger partial charge in [0.25, 0.3) is 0 Å². The number of hydrogen-bond donors (Lipinski definition) is 0. The molecule has 2 heterocycles. The third-order valence-electron chi connectivity index (χ3n) is 4.40. The van der Waals surface area contributed by atoms with Crippen molar-refractivity contribution in [2.24, 2.45) is 0 Å². The average Bonchev–Trinajstić information content (AvgIpc) is 3.10. The van der Waals surface area contributed by atoms with E-state index < -0.39 is 0 Å². The van der Waals surface area contributed by atoms with Gasteiger partial charge in [0.1, 0.15) is 0 Å². The van der Waals surface area contributed by atoms with Gasteiger partial charge in [-0.05, 0) is 75.2 Å². The molecule has 0 aliphatic carbocycles. The van der Waals surface area contributed by atoms with E-state index >= 15 is 0 Å². The Hall–Kier alpha value is -2.22. The van der Waals surface area contributed by atoms with Crippen molar-refractivity contribution in [2.45, 2.75) is 40.5 Å². The average molecular weight is 292 g/mol. The summed E-state index contributed by atoms with van der Waals surface area (Å²) in [5, 5.41) is 0. The molecule has 0 saturated carbocycles. The first-order valence-corrected chi connectivity index (χ1v) is 8.11. The fraction of sp³-hybridized carbons (Fsp3) is 0.300. The van der Waals surface area contributed by atoms with E-state index in [9.17, 15) is 0 Å². The van der Waals surface area contributed by atoms with E-state index in [-0.39, 0.29) is 0 Å². The highest BCUT2D eigenvalue weighted by Gasteiger charge is 2.09. The van der Waals surface area contributed by atoms with Crippen LogP contribution < -0.4 is 0 Å². The molecule has 0 amide bonds. The molecule has 0 spiro atoms. The summed E-state index contributed by atoms with van der Waals surface area (Å²) in [6, 6.07) is 17.7. The lowest BCUT2D eigenvalue weighted by atomic mass is 10.2. The SMILES string of the molecule is CCc1ccc(CC)n1-c1ccc(-n2c(C)ccc2C)cc1. The minimum absolute atomic E-state index is 1.05. The van der Waals surface area contributed by atoms with Gasteiger partial charge in [0, 0.05) is 34.2 Å². The van der Waals surface area contributed by atoms with E-state index in [0.29, 0.717) is 0 Å².